The highest BCUT2D eigenvalue weighted by Gasteiger charge is 2.50. The second-order valence-corrected chi connectivity index (χ2v) is 25.5. The van der Waals surface area contributed by atoms with Gasteiger partial charge in [0.15, 0.2) is 0 Å². The monoisotopic (exact) mass is 1030 g/mol. The molecule has 2 aliphatic rings. The lowest BCUT2D eigenvalue weighted by atomic mass is 9.68. The van der Waals surface area contributed by atoms with Crippen LogP contribution in [0.2, 0.25) is 0 Å². The average Bonchev–Trinajstić information content (AvgIpc) is 4.28. The Morgan fingerprint density at radius 1 is 0.417 bits per heavy atom. The standard InChI is InChI=1S/C62H72N6S4/c1-9-13-17-21-25-61(26-22-18-14-10-2)44-32-40-45(31-39(44)53-46(61)29-37(5)55-57(53)65-71-63-55)62(27-23-19-15-11-3,28-24-20-16-12-4)47-33-43(56-58(54(40)47)66-72-64-56)52-36-51-60(70-52)42-35-48-41(34-49(42)68(51)8)59-50(67(48)7)30-38(6)69-59/h29-36H,9-28H2,1-8H3. The van der Waals surface area contributed by atoms with Gasteiger partial charge >= 0.3 is 0 Å². The highest BCUT2D eigenvalue weighted by molar-refractivity contribution is 7.23. The van der Waals surface area contributed by atoms with E-state index in [-0.39, 0.29) is 10.8 Å². The summed E-state index contributed by atoms with van der Waals surface area (Å²) in [4.78, 5) is 2.66. The first-order valence-corrected chi connectivity index (χ1v) is 30.9. The SMILES string of the molecule is CCCCCCC1(CCCCCC)c2cc3c(cc2-c2c1cc(C)c1nsnc21)C(CCCCCC)(CCCCCC)c1cc(-c2cc4c(s2)c2cc5c(cc2n4C)c2sc(C)cc2n5C)c2nsnc2c1-3. The van der Waals surface area contributed by atoms with E-state index >= 15 is 0 Å². The van der Waals surface area contributed by atoms with Crippen molar-refractivity contribution in [3.8, 4) is 32.7 Å². The maximum absolute atomic E-state index is 5.40. The fourth-order valence-electron chi connectivity index (χ4n) is 14.0. The third-order valence-electron chi connectivity index (χ3n) is 17.7. The predicted molar refractivity (Wildman–Crippen MR) is 314 cm³/mol. The van der Waals surface area contributed by atoms with E-state index in [0.717, 1.165) is 34.9 Å². The highest BCUT2D eigenvalue weighted by atomic mass is 32.1. The van der Waals surface area contributed by atoms with Crippen molar-refractivity contribution in [3.63, 3.8) is 0 Å². The highest BCUT2D eigenvalue weighted by Crippen LogP contribution is 2.63. The van der Waals surface area contributed by atoms with Gasteiger partial charge in [0.25, 0.3) is 0 Å². The minimum Gasteiger partial charge on any atom is -0.343 e. The van der Waals surface area contributed by atoms with Gasteiger partial charge in [-0.3, -0.25) is 0 Å². The fourth-order valence-corrected chi connectivity index (χ4v) is 17.5. The number of thiophene rings is 2. The number of benzene rings is 4. The van der Waals surface area contributed by atoms with Gasteiger partial charge in [0.1, 0.15) is 22.1 Å². The second kappa shape index (κ2) is 19.3. The molecule has 0 unspecified atom stereocenters. The van der Waals surface area contributed by atoms with Crippen molar-refractivity contribution in [2.24, 2.45) is 14.1 Å². The molecule has 0 aliphatic heterocycles. The minimum absolute atomic E-state index is 0.0732. The largest absolute Gasteiger partial charge is 0.343 e. The molecule has 0 saturated carbocycles. The number of hydrogen-bond acceptors (Lipinski definition) is 8. The Kier molecular flexibility index (Phi) is 13.0. The zero-order valence-electron chi connectivity index (χ0n) is 44.1. The van der Waals surface area contributed by atoms with Crippen molar-refractivity contribution in [1.29, 1.82) is 0 Å². The Bertz CT molecular complexity index is 3660. The van der Waals surface area contributed by atoms with Crippen molar-refractivity contribution in [2.75, 3.05) is 0 Å². The van der Waals surface area contributed by atoms with E-state index in [9.17, 15) is 0 Å². The topological polar surface area (TPSA) is 61.4 Å². The second-order valence-electron chi connectivity index (χ2n) is 22.1. The summed E-state index contributed by atoms with van der Waals surface area (Å²) in [6.45, 7) is 13.9. The number of fused-ring (bicyclic) bond motifs is 16. The number of hydrogen-bond donors (Lipinski definition) is 0. The first kappa shape index (κ1) is 48.5. The van der Waals surface area contributed by atoms with E-state index in [0.29, 0.717) is 0 Å². The molecule has 72 heavy (non-hydrogen) atoms. The number of unbranched alkanes of at least 4 members (excludes halogenated alkanes) is 12. The summed E-state index contributed by atoms with van der Waals surface area (Å²) in [5.41, 5.74) is 23.7. The van der Waals surface area contributed by atoms with Crippen LogP contribution in [0.1, 0.15) is 189 Å². The molecule has 2 aliphatic carbocycles. The first-order valence-electron chi connectivity index (χ1n) is 27.8. The summed E-state index contributed by atoms with van der Waals surface area (Å²) in [6, 6.07) is 20.5. The molecule has 0 N–H and O–H groups in total. The molecular weight excluding hydrogens is 957 g/mol. The fraction of sp³-hybridized carbons (Fsp3) is 0.484. The molecule has 4 aromatic carbocycles. The molecule has 0 radical (unpaired) electrons. The number of nitrogens with zero attached hydrogens (tertiary/aromatic N) is 6. The van der Waals surface area contributed by atoms with Gasteiger partial charge in [0.2, 0.25) is 0 Å². The van der Waals surface area contributed by atoms with Gasteiger partial charge in [-0.25, -0.2) is 0 Å². The molecule has 12 rings (SSSR count). The smallest absolute Gasteiger partial charge is 0.114 e. The Labute approximate surface area is 442 Å². The van der Waals surface area contributed by atoms with Gasteiger partial charge in [-0.15, -0.1) is 22.7 Å². The number of rotatable bonds is 21. The van der Waals surface area contributed by atoms with Crippen LogP contribution in [0, 0.1) is 13.8 Å². The molecule has 6 nitrogen and oxygen atoms in total. The van der Waals surface area contributed by atoms with E-state index in [4.69, 9.17) is 17.5 Å². The van der Waals surface area contributed by atoms with Gasteiger partial charge in [0, 0.05) is 62.1 Å². The molecule has 374 valence electrons. The lowest BCUT2D eigenvalue weighted by molar-refractivity contribution is 0.397. The Morgan fingerprint density at radius 2 is 0.847 bits per heavy atom. The van der Waals surface area contributed by atoms with Gasteiger partial charge in [-0.2, -0.15) is 17.5 Å². The Hall–Kier alpha value is -4.48. The van der Waals surface area contributed by atoms with Crippen LogP contribution in [-0.4, -0.2) is 26.6 Å². The van der Waals surface area contributed by atoms with Crippen LogP contribution in [0.5, 0.6) is 0 Å². The van der Waals surface area contributed by atoms with Gasteiger partial charge in [0.05, 0.1) is 54.9 Å². The van der Waals surface area contributed by atoms with Gasteiger partial charge < -0.3 is 9.13 Å². The Balaban J connectivity index is 1.10. The summed E-state index contributed by atoms with van der Waals surface area (Å²) in [5, 5.41) is 2.70. The normalized spacial score (nSPS) is 14.6. The maximum atomic E-state index is 5.40. The van der Waals surface area contributed by atoms with Crippen LogP contribution in [0.15, 0.2) is 48.5 Å². The van der Waals surface area contributed by atoms with Crippen LogP contribution < -0.4 is 0 Å². The van der Waals surface area contributed by atoms with E-state index < -0.39 is 0 Å². The van der Waals surface area contributed by atoms with E-state index in [1.165, 1.54) is 241 Å². The van der Waals surface area contributed by atoms with Crippen molar-refractivity contribution < 1.29 is 0 Å². The third-order valence-corrected chi connectivity index (χ3v) is 21.0. The molecule has 0 bridgehead atoms. The molecule has 0 atom stereocenters. The zero-order chi connectivity index (χ0) is 49.5. The van der Waals surface area contributed by atoms with Crippen molar-refractivity contribution >= 4 is 110 Å². The van der Waals surface area contributed by atoms with Crippen LogP contribution in [0.4, 0.5) is 0 Å². The maximum Gasteiger partial charge on any atom is 0.114 e. The van der Waals surface area contributed by atoms with Gasteiger partial charge in [-0.1, -0.05) is 136 Å². The molecule has 6 heterocycles. The van der Waals surface area contributed by atoms with E-state index in [2.05, 4.69) is 113 Å². The van der Waals surface area contributed by atoms with E-state index in [1.807, 2.05) is 22.7 Å². The van der Waals surface area contributed by atoms with Gasteiger partial charge in [-0.05, 0) is 121 Å². The summed E-state index contributed by atoms with van der Waals surface area (Å²) in [5.74, 6) is 0. The van der Waals surface area contributed by atoms with Crippen LogP contribution >= 0.6 is 46.1 Å². The third kappa shape index (κ3) is 7.44. The molecule has 10 heteroatoms. The quantitative estimate of drug-likeness (QED) is 0.0673. The van der Waals surface area contributed by atoms with Crippen LogP contribution in [0.3, 0.4) is 0 Å². The summed E-state index contributed by atoms with van der Waals surface area (Å²) in [6.07, 6.45) is 24.7. The zero-order valence-corrected chi connectivity index (χ0v) is 47.3. The lowest BCUT2D eigenvalue weighted by Crippen LogP contribution is -2.27. The molecule has 0 spiro atoms. The van der Waals surface area contributed by atoms with E-state index in [1.54, 1.807) is 5.56 Å². The minimum atomic E-state index is -0.141. The lowest BCUT2D eigenvalue weighted by Gasteiger charge is -2.35. The van der Waals surface area contributed by atoms with Crippen LogP contribution in [0.25, 0.3) is 97.0 Å². The van der Waals surface area contributed by atoms with Crippen molar-refractivity contribution in [1.82, 2.24) is 26.6 Å². The molecular formula is C62H72N6S4. The number of aromatic nitrogens is 6. The molecule has 0 saturated heterocycles. The molecule has 10 aromatic rings. The van der Waals surface area contributed by atoms with Crippen molar-refractivity contribution in [3.05, 3.63) is 81.2 Å². The average molecular weight is 1030 g/mol. The van der Waals surface area contributed by atoms with Crippen molar-refractivity contribution in [2.45, 2.75) is 181 Å². The predicted octanol–water partition coefficient (Wildman–Crippen LogP) is 19.8. The first-order chi connectivity index (χ1) is 35.2. The summed E-state index contributed by atoms with van der Waals surface area (Å²) < 4.78 is 28.5. The molecule has 0 fully saturated rings. The van der Waals surface area contributed by atoms with Crippen LogP contribution in [-0.2, 0) is 24.9 Å². The Morgan fingerprint density at radius 3 is 1.36 bits per heavy atom. The number of aryl methyl sites for hydroxylation is 4. The molecule has 0 amide bonds. The summed E-state index contributed by atoms with van der Waals surface area (Å²) in [7, 11) is 4.51. The molecule has 6 aromatic heterocycles. The summed E-state index contributed by atoms with van der Waals surface area (Å²) >= 11 is 6.67.